The molecule has 0 aliphatic heterocycles. The number of pyridine rings is 2. The second-order valence-corrected chi connectivity index (χ2v) is 10.7. The summed E-state index contributed by atoms with van der Waals surface area (Å²) in [4.78, 5) is 10.2. The van der Waals surface area contributed by atoms with Gasteiger partial charge in [-0.1, -0.05) is 83.1 Å². The lowest BCUT2D eigenvalue weighted by Gasteiger charge is -2.21. The smallest absolute Gasteiger partial charge is 0.145 e. The van der Waals surface area contributed by atoms with Gasteiger partial charge in [-0.3, -0.25) is 0 Å². The van der Waals surface area contributed by atoms with Crippen molar-refractivity contribution < 1.29 is 0 Å². The van der Waals surface area contributed by atoms with Crippen LogP contribution >= 0.6 is 0 Å². The summed E-state index contributed by atoms with van der Waals surface area (Å²) in [7, 11) is 0. The van der Waals surface area contributed by atoms with Crippen LogP contribution in [-0.2, 0) is 11.8 Å². The summed E-state index contributed by atoms with van der Waals surface area (Å²) in [5.41, 5.74) is 6.70. The molecule has 0 saturated heterocycles. The van der Waals surface area contributed by atoms with Crippen molar-refractivity contribution in [2.45, 2.75) is 52.4 Å². The van der Waals surface area contributed by atoms with Gasteiger partial charge in [-0.15, -0.1) is 0 Å². The number of fused-ring (bicyclic) bond motifs is 6. The lowest BCUT2D eigenvalue weighted by Crippen LogP contribution is -2.16. The minimum absolute atomic E-state index is 0.00836. The van der Waals surface area contributed by atoms with Gasteiger partial charge in [-0.05, 0) is 28.8 Å². The van der Waals surface area contributed by atoms with Gasteiger partial charge in [0.1, 0.15) is 11.3 Å². The van der Waals surface area contributed by atoms with E-state index >= 15 is 0 Å². The van der Waals surface area contributed by atoms with E-state index in [1.165, 1.54) is 32.9 Å². The molecule has 170 valence electrons. The zero-order valence-electron chi connectivity index (χ0n) is 20.5. The second-order valence-electron chi connectivity index (χ2n) is 10.7. The highest BCUT2D eigenvalue weighted by Crippen LogP contribution is 2.31. The first-order valence-electron chi connectivity index (χ1n) is 12.1. The molecule has 0 radical (unpaired) electrons. The minimum atomic E-state index is 0.00836. The quantitative estimate of drug-likeness (QED) is 0.286. The highest BCUT2D eigenvalue weighted by atomic mass is 15.0. The van der Waals surface area contributed by atoms with Crippen molar-refractivity contribution in [3.63, 3.8) is 0 Å². The molecule has 6 aromatic rings. The van der Waals surface area contributed by atoms with Crippen molar-refractivity contribution in [2.24, 2.45) is 0 Å². The molecule has 0 aliphatic carbocycles. The molecule has 0 saturated carbocycles. The molecule has 0 bridgehead atoms. The molecule has 34 heavy (non-hydrogen) atoms. The fourth-order valence-corrected chi connectivity index (χ4v) is 5.10. The summed E-state index contributed by atoms with van der Waals surface area (Å²) in [5.74, 6) is 0.407. The average molecular weight is 447 g/mol. The molecule has 4 aromatic heterocycles. The SMILES string of the molecule is CC(C)c1cc2ccccc2c2nc(Cc3cn4c(C(C)(C)C)cc5ccccc5c4n3)cn12. The van der Waals surface area contributed by atoms with Crippen LogP contribution in [0.2, 0.25) is 0 Å². The monoisotopic (exact) mass is 446 g/mol. The minimum Gasteiger partial charge on any atom is -0.303 e. The van der Waals surface area contributed by atoms with E-state index in [1.54, 1.807) is 0 Å². The van der Waals surface area contributed by atoms with Crippen molar-refractivity contribution in [3.8, 4) is 0 Å². The Hall–Kier alpha value is -3.66. The van der Waals surface area contributed by atoms with E-state index in [-0.39, 0.29) is 5.41 Å². The summed E-state index contributed by atoms with van der Waals surface area (Å²) >= 11 is 0. The number of benzene rings is 2. The van der Waals surface area contributed by atoms with E-state index in [0.717, 1.165) is 22.7 Å². The van der Waals surface area contributed by atoms with Crippen LogP contribution in [-0.4, -0.2) is 18.8 Å². The van der Waals surface area contributed by atoms with E-state index in [4.69, 9.17) is 9.97 Å². The summed E-state index contributed by atoms with van der Waals surface area (Å²) in [6, 6.07) is 21.7. The Bertz CT molecular complexity index is 1690. The largest absolute Gasteiger partial charge is 0.303 e. The summed E-state index contributed by atoms with van der Waals surface area (Å²) < 4.78 is 4.55. The molecular weight excluding hydrogens is 416 g/mol. The third-order valence-electron chi connectivity index (χ3n) is 6.77. The number of hydrogen-bond donors (Lipinski definition) is 0. The van der Waals surface area contributed by atoms with Crippen LogP contribution in [0.3, 0.4) is 0 Å². The molecule has 6 rings (SSSR count). The first-order valence-corrected chi connectivity index (χ1v) is 12.1. The average Bonchev–Trinajstić information content (AvgIpc) is 3.41. The molecule has 4 nitrogen and oxygen atoms in total. The number of aromatic nitrogens is 4. The highest BCUT2D eigenvalue weighted by molar-refractivity contribution is 5.95. The van der Waals surface area contributed by atoms with Gasteiger partial charge in [0, 0.05) is 46.4 Å². The first-order chi connectivity index (χ1) is 16.3. The number of rotatable bonds is 3. The van der Waals surface area contributed by atoms with Crippen molar-refractivity contribution in [2.75, 3.05) is 0 Å². The maximum absolute atomic E-state index is 5.11. The lowest BCUT2D eigenvalue weighted by molar-refractivity contribution is 0.562. The predicted octanol–water partition coefficient (Wildman–Crippen LogP) is 7.30. The van der Waals surface area contributed by atoms with E-state index < -0.39 is 0 Å². The first kappa shape index (κ1) is 20.9. The molecule has 0 fully saturated rings. The molecule has 0 spiro atoms. The lowest BCUT2D eigenvalue weighted by atomic mass is 9.90. The van der Waals surface area contributed by atoms with Crippen LogP contribution in [0.1, 0.15) is 63.3 Å². The van der Waals surface area contributed by atoms with E-state index in [1.807, 2.05) is 0 Å². The zero-order chi connectivity index (χ0) is 23.6. The van der Waals surface area contributed by atoms with Crippen molar-refractivity contribution in [3.05, 3.63) is 95.8 Å². The fraction of sp³-hybridized carbons (Fsp3) is 0.267. The van der Waals surface area contributed by atoms with E-state index in [9.17, 15) is 0 Å². The zero-order valence-corrected chi connectivity index (χ0v) is 20.5. The van der Waals surface area contributed by atoms with Crippen molar-refractivity contribution >= 4 is 32.8 Å². The molecular formula is C30H30N4. The maximum Gasteiger partial charge on any atom is 0.145 e. The van der Waals surface area contributed by atoms with Crippen molar-refractivity contribution in [1.29, 1.82) is 0 Å². The van der Waals surface area contributed by atoms with Gasteiger partial charge in [0.05, 0.1) is 11.4 Å². The molecule has 0 atom stereocenters. The Morgan fingerprint density at radius 3 is 1.85 bits per heavy atom. The predicted molar refractivity (Wildman–Crippen MR) is 141 cm³/mol. The summed E-state index contributed by atoms with van der Waals surface area (Å²) in [5, 5.41) is 4.85. The maximum atomic E-state index is 5.11. The molecule has 0 aliphatic rings. The van der Waals surface area contributed by atoms with Gasteiger partial charge in [-0.2, -0.15) is 0 Å². The highest BCUT2D eigenvalue weighted by Gasteiger charge is 2.21. The fourth-order valence-electron chi connectivity index (χ4n) is 5.10. The van der Waals surface area contributed by atoms with Crippen LogP contribution in [0, 0.1) is 0 Å². The topological polar surface area (TPSA) is 34.6 Å². The standard InChI is InChI=1S/C30H30N4/c1-19(2)26-14-20-10-6-8-12-24(20)28-31-22(17-33(26)28)16-23-18-34-27(30(3,4)5)15-21-11-7-9-13-25(21)29(34)32-23/h6-15,17-19H,16H2,1-5H3. The van der Waals surface area contributed by atoms with Crippen LogP contribution in [0.25, 0.3) is 32.8 Å². The van der Waals surface area contributed by atoms with Crippen molar-refractivity contribution in [1.82, 2.24) is 18.8 Å². The Morgan fingerprint density at radius 2 is 1.26 bits per heavy atom. The van der Waals surface area contributed by atoms with E-state index in [2.05, 4.69) is 116 Å². The van der Waals surface area contributed by atoms with Gasteiger partial charge in [0.15, 0.2) is 0 Å². The summed E-state index contributed by atoms with van der Waals surface area (Å²) in [6.07, 6.45) is 5.10. The number of nitrogens with zero attached hydrogens (tertiary/aromatic N) is 4. The molecule has 2 aromatic carbocycles. The third-order valence-corrected chi connectivity index (χ3v) is 6.77. The van der Waals surface area contributed by atoms with Gasteiger partial charge >= 0.3 is 0 Å². The Balaban J connectivity index is 1.53. The summed E-state index contributed by atoms with van der Waals surface area (Å²) in [6.45, 7) is 11.3. The normalized spacial score (nSPS) is 12.6. The van der Waals surface area contributed by atoms with Gasteiger partial charge < -0.3 is 8.80 Å². The molecule has 0 unspecified atom stereocenters. The molecule has 0 amide bonds. The second kappa shape index (κ2) is 7.42. The van der Waals surface area contributed by atoms with Crippen LogP contribution in [0.4, 0.5) is 0 Å². The van der Waals surface area contributed by atoms with Gasteiger partial charge in [0.25, 0.3) is 0 Å². The van der Waals surface area contributed by atoms with Crippen LogP contribution in [0.15, 0.2) is 73.1 Å². The van der Waals surface area contributed by atoms with Crippen LogP contribution in [0.5, 0.6) is 0 Å². The number of imidazole rings is 2. The Kier molecular flexibility index (Phi) is 4.57. The molecule has 4 heteroatoms. The molecule has 0 N–H and O–H groups in total. The Labute approximate surface area is 199 Å². The third kappa shape index (κ3) is 3.28. The Morgan fingerprint density at radius 1 is 0.735 bits per heavy atom. The van der Waals surface area contributed by atoms with Crippen LogP contribution < -0.4 is 0 Å². The number of hydrogen-bond acceptors (Lipinski definition) is 2. The van der Waals surface area contributed by atoms with Gasteiger partial charge in [-0.25, -0.2) is 9.97 Å². The molecule has 4 heterocycles. The van der Waals surface area contributed by atoms with E-state index in [0.29, 0.717) is 12.3 Å². The van der Waals surface area contributed by atoms with Gasteiger partial charge in [0.2, 0.25) is 0 Å².